The topological polar surface area (TPSA) is 88.6 Å². The quantitative estimate of drug-likeness (QED) is 0.523. The Kier molecular flexibility index (Phi) is 6.88. The molecular weight excluding hydrogens is 473 g/mol. The molecule has 10 heteroatoms. The standard InChI is InChI=1S/C25H27ClFN5O3/c1-34-22-12-21-18(25(30-14-29-21)31-15-2-7-20(27)19(26)10-15)11-23(22)35-17-5-3-16(4-6-17)32-9-8-28-24(33)13-32/h2,7,10-12,14,16-17H,3-6,8-9,13H2,1H3,(H,28,33)(H,29,30,31). The summed E-state index contributed by atoms with van der Waals surface area (Å²) in [7, 11) is 1.60. The number of benzene rings is 2. The lowest BCUT2D eigenvalue weighted by atomic mass is 9.91. The second kappa shape index (κ2) is 10.2. The number of amides is 1. The van der Waals surface area contributed by atoms with Crippen molar-refractivity contribution in [3.8, 4) is 11.5 Å². The fourth-order valence-electron chi connectivity index (χ4n) is 4.80. The number of hydrogen-bond donors (Lipinski definition) is 2. The summed E-state index contributed by atoms with van der Waals surface area (Å²) in [5.41, 5.74) is 1.30. The Bertz CT molecular complexity index is 1240. The van der Waals surface area contributed by atoms with Gasteiger partial charge < -0.3 is 20.1 Å². The predicted molar refractivity (Wildman–Crippen MR) is 132 cm³/mol. The average molecular weight is 500 g/mol. The molecule has 35 heavy (non-hydrogen) atoms. The Morgan fingerprint density at radius 2 is 1.97 bits per heavy atom. The number of hydrogen-bond acceptors (Lipinski definition) is 7. The lowest BCUT2D eigenvalue weighted by molar-refractivity contribution is -0.125. The molecule has 8 nitrogen and oxygen atoms in total. The maximum atomic E-state index is 13.6. The number of methoxy groups -OCH3 is 1. The second-order valence-corrected chi connectivity index (χ2v) is 9.27. The number of carbonyl (C=O) groups is 1. The summed E-state index contributed by atoms with van der Waals surface area (Å²) in [6.07, 6.45) is 5.26. The second-order valence-electron chi connectivity index (χ2n) is 8.87. The minimum absolute atomic E-state index is 0.0276. The van der Waals surface area contributed by atoms with Crippen LogP contribution >= 0.6 is 11.6 Å². The molecule has 1 aliphatic heterocycles. The molecule has 2 aliphatic rings. The largest absolute Gasteiger partial charge is 0.493 e. The molecular formula is C25H27ClFN5O3. The fraction of sp³-hybridized carbons (Fsp3) is 0.400. The van der Waals surface area contributed by atoms with E-state index in [1.165, 1.54) is 18.5 Å². The number of halogens is 2. The third kappa shape index (κ3) is 5.26. The Morgan fingerprint density at radius 3 is 2.71 bits per heavy atom. The molecule has 1 saturated heterocycles. The minimum Gasteiger partial charge on any atom is -0.493 e. The molecule has 2 N–H and O–H groups in total. The van der Waals surface area contributed by atoms with Crippen LogP contribution in [0.3, 0.4) is 0 Å². The van der Waals surface area contributed by atoms with E-state index >= 15 is 0 Å². The smallest absolute Gasteiger partial charge is 0.234 e. The van der Waals surface area contributed by atoms with Crippen LogP contribution in [0, 0.1) is 5.82 Å². The number of piperazine rings is 1. The molecule has 1 amide bonds. The van der Waals surface area contributed by atoms with Gasteiger partial charge in [-0.05, 0) is 49.9 Å². The van der Waals surface area contributed by atoms with Gasteiger partial charge in [0.15, 0.2) is 11.5 Å². The molecule has 0 atom stereocenters. The molecule has 2 fully saturated rings. The van der Waals surface area contributed by atoms with E-state index in [4.69, 9.17) is 21.1 Å². The summed E-state index contributed by atoms with van der Waals surface area (Å²) in [5, 5.41) is 6.85. The van der Waals surface area contributed by atoms with Crippen molar-refractivity contribution in [3.63, 3.8) is 0 Å². The number of nitrogens with one attached hydrogen (secondary N) is 2. The zero-order valence-electron chi connectivity index (χ0n) is 19.4. The molecule has 1 aromatic heterocycles. The van der Waals surface area contributed by atoms with Crippen LogP contribution in [0.25, 0.3) is 10.9 Å². The summed E-state index contributed by atoms with van der Waals surface area (Å²) in [5.74, 6) is 1.39. The summed E-state index contributed by atoms with van der Waals surface area (Å²) < 4.78 is 25.6. The molecule has 2 heterocycles. The first-order valence-corrected chi connectivity index (χ1v) is 12.1. The van der Waals surface area contributed by atoms with Crippen LogP contribution < -0.4 is 20.1 Å². The summed E-state index contributed by atoms with van der Waals surface area (Å²) in [4.78, 5) is 22.8. The van der Waals surface area contributed by atoms with Crippen molar-refractivity contribution in [1.29, 1.82) is 0 Å². The number of fused-ring (bicyclic) bond motifs is 1. The molecule has 1 aliphatic carbocycles. The van der Waals surface area contributed by atoms with E-state index < -0.39 is 5.82 Å². The Morgan fingerprint density at radius 1 is 1.14 bits per heavy atom. The van der Waals surface area contributed by atoms with Gasteiger partial charge in [0.25, 0.3) is 0 Å². The van der Waals surface area contributed by atoms with Gasteiger partial charge in [-0.3, -0.25) is 9.69 Å². The Hall–Kier alpha value is -3.17. The summed E-state index contributed by atoms with van der Waals surface area (Å²) >= 11 is 5.93. The molecule has 0 radical (unpaired) electrons. The van der Waals surface area contributed by atoms with Gasteiger partial charge in [-0.15, -0.1) is 0 Å². The minimum atomic E-state index is -0.483. The zero-order chi connectivity index (χ0) is 24.4. The zero-order valence-corrected chi connectivity index (χ0v) is 20.1. The number of nitrogens with zero attached hydrogens (tertiary/aromatic N) is 3. The maximum Gasteiger partial charge on any atom is 0.234 e. The highest BCUT2D eigenvalue weighted by atomic mass is 35.5. The van der Waals surface area contributed by atoms with Gasteiger partial charge in [0.2, 0.25) is 5.91 Å². The first-order valence-electron chi connectivity index (χ1n) is 11.7. The highest BCUT2D eigenvalue weighted by molar-refractivity contribution is 6.31. The molecule has 1 saturated carbocycles. The summed E-state index contributed by atoms with van der Waals surface area (Å²) in [6.45, 7) is 2.09. The van der Waals surface area contributed by atoms with E-state index in [2.05, 4.69) is 25.5 Å². The fourth-order valence-corrected chi connectivity index (χ4v) is 4.98. The van der Waals surface area contributed by atoms with Crippen LogP contribution in [0.1, 0.15) is 25.7 Å². The van der Waals surface area contributed by atoms with Gasteiger partial charge in [-0.25, -0.2) is 14.4 Å². The van der Waals surface area contributed by atoms with Crippen molar-refractivity contribution >= 4 is 39.9 Å². The van der Waals surface area contributed by atoms with Crippen molar-refractivity contribution in [1.82, 2.24) is 20.2 Å². The van der Waals surface area contributed by atoms with Gasteiger partial charge in [-0.2, -0.15) is 0 Å². The van der Waals surface area contributed by atoms with E-state index in [0.717, 1.165) is 37.6 Å². The van der Waals surface area contributed by atoms with Gasteiger partial charge in [0.1, 0.15) is 18.0 Å². The number of aromatic nitrogens is 2. The average Bonchev–Trinajstić information content (AvgIpc) is 2.87. The molecule has 0 spiro atoms. The predicted octanol–water partition coefficient (Wildman–Crippen LogP) is 4.30. The van der Waals surface area contributed by atoms with E-state index in [9.17, 15) is 9.18 Å². The SMILES string of the molecule is COc1cc2ncnc(Nc3ccc(F)c(Cl)c3)c2cc1OC1CCC(N2CCNC(=O)C2)CC1. The summed E-state index contributed by atoms with van der Waals surface area (Å²) in [6, 6.07) is 8.52. The number of anilines is 2. The third-order valence-electron chi connectivity index (χ3n) is 6.62. The van der Waals surface area contributed by atoms with E-state index in [1.807, 2.05) is 12.1 Å². The molecule has 0 unspecified atom stereocenters. The van der Waals surface area contributed by atoms with Gasteiger partial charge in [0.05, 0.1) is 30.3 Å². The van der Waals surface area contributed by atoms with Crippen LogP contribution in [0.2, 0.25) is 5.02 Å². The molecule has 3 aromatic rings. The first-order chi connectivity index (χ1) is 17.0. The highest BCUT2D eigenvalue weighted by Crippen LogP contribution is 2.37. The van der Waals surface area contributed by atoms with Gasteiger partial charge in [0, 0.05) is 36.3 Å². The number of carbonyl (C=O) groups excluding carboxylic acids is 1. The first kappa shape index (κ1) is 23.6. The normalized spacial score (nSPS) is 20.9. The van der Waals surface area contributed by atoms with Gasteiger partial charge in [-0.1, -0.05) is 11.6 Å². The van der Waals surface area contributed by atoms with Crippen molar-refractivity contribution in [2.24, 2.45) is 0 Å². The molecule has 2 aromatic carbocycles. The number of rotatable bonds is 6. The van der Waals surface area contributed by atoms with Crippen molar-refractivity contribution in [2.45, 2.75) is 37.8 Å². The Labute approximate surface area is 207 Å². The maximum absolute atomic E-state index is 13.6. The van der Waals surface area contributed by atoms with E-state index in [0.29, 0.717) is 47.7 Å². The highest BCUT2D eigenvalue weighted by Gasteiger charge is 2.30. The van der Waals surface area contributed by atoms with E-state index in [-0.39, 0.29) is 17.0 Å². The third-order valence-corrected chi connectivity index (χ3v) is 6.91. The molecule has 0 bridgehead atoms. The van der Waals surface area contributed by atoms with Crippen LogP contribution in [0.4, 0.5) is 15.9 Å². The van der Waals surface area contributed by atoms with Crippen LogP contribution in [0.5, 0.6) is 11.5 Å². The lowest BCUT2D eigenvalue weighted by Gasteiger charge is -2.38. The van der Waals surface area contributed by atoms with Crippen LogP contribution in [0.15, 0.2) is 36.7 Å². The molecule has 5 rings (SSSR count). The molecule has 184 valence electrons. The monoisotopic (exact) mass is 499 g/mol. The Balaban J connectivity index is 1.33. The van der Waals surface area contributed by atoms with Crippen molar-refractivity contribution in [2.75, 3.05) is 32.1 Å². The lowest BCUT2D eigenvalue weighted by Crippen LogP contribution is -2.52. The van der Waals surface area contributed by atoms with E-state index in [1.54, 1.807) is 13.2 Å². The van der Waals surface area contributed by atoms with Crippen molar-refractivity contribution in [3.05, 3.63) is 47.5 Å². The van der Waals surface area contributed by atoms with Crippen LogP contribution in [-0.4, -0.2) is 59.7 Å². The van der Waals surface area contributed by atoms with Crippen LogP contribution in [-0.2, 0) is 4.79 Å². The number of ether oxygens (including phenoxy) is 2. The van der Waals surface area contributed by atoms with Crippen molar-refractivity contribution < 1.29 is 18.7 Å². The van der Waals surface area contributed by atoms with Gasteiger partial charge >= 0.3 is 0 Å².